The molecule has 2 aliphatic rings. The highest BCUT2D eigenvalue weighted by Crippen LogP contribution is 2.40. The average molecular weight is 203 g/mol. The van der Waals surface area contributed by atoms with E-state index >= 15 is 0 Å². The van der Waals surface area contributed by atoms with Crippen LogP contribution in [0.3, 0.4) is 0 Å². The van der Waals surface area contributed by atoms with Crippen LogP contribution in [0.1, 0.15) is 26.7 Å². The summed E-state index contributed by atoms with van der Waals surface area (Å²) in [4.78, 5) is 0. The SMILES string of the molecule is CC1CCC(C)C2C1CNS2(=O)=O. The van der Waals surface area contributed by atoms with Crippen molar-refractivity contribution in [3.8, 4) is 0 Å². The van der Waals surface area contributed by atoms with Gasteiger partial charge in [0.15, 0.2) is 0 Å². The van der Waals surface area contributed by atoms with Crippen LogP contribution in [0.4, 0.5) is 0 Å². The topological polar surface area (TPSA) is 46.2 Å². The van der Waals surface area contributed by atoms with E-state index in [-0.39, 0.29) is 5.25 Å². The molecule has 0 aromatic rings. The van der Waals surface area contributed by atoms with Crippen molar-refractivity contribution in [2.45, 2.75) is 31.9 Å². The van der Waals surface area contributed by atoms with Gasteiger partial charge >= 0.3 is 0 Å². The maximum atomic E-state index is 11.6. The normalized spacial score (nSPS) is 48.8. The van der Waals surface area contributed by atoms with Gasteiger partial charge in [0, 0.05) is 6.54 Å². The first-order valence-electron chi connectivity index (χ1n) is 5.01. The van der Waals surface area contributed by atoms with Crippen molar-refractivity contribution in [2.75, 3.05) is 6.54 Å². The van der Waals surface area contributed by atoms with E-state index in [0.29, 0.717) is 24.3 Å². The molecule has 4 atom stereocenters. The lowest BCUT2D eigenvalue weighted by Gasteiger charge is -2.33. The number of hydrogen-bond acceptors (Lipinski definition) is 2. The molecule has 3 nitrogen and oxygen atoms in total. The van der Waals surface area contributed by atoms with Crippen LogP contribution < -0.4 is 4.72 Å². The molecule has 0 aromatic heterocycles. The van der Waals surface area contributed by atoms with Crippen molar-refractivity contribution in [1.29, 1.82) is 0 Å². The molecule has 1 saturated heterocycles. The fourth-order valence-corrected chi connectivity index (χ4v) is 5.00. The van der Waals surface area contributed by atoms with E-state index in [1.54, 1.807) is 0 Å². The molecule has 2 rings (SSSR count). The van der Waals surface area contributed by atoms with E-state index in [4.69, 9.17) is 0 Å². The smallest absolute Gasteiger partial charge is 0.215 e. The molecule has 0 amide bonds. The van der Waals surface area contributed by atoms with Crippen molar-refractivity contribution in [2.24, 2.45) is 17.8 Å². The van der Waals surface area contributed by atoms with Gasteiger partial charge in [0.2, 0.25) is 10.0 Å². The highest BCUT2D eigenvalue weighted by atomic mass is 32.2. The standard InChI is InChI=1S/C9H17NO2S/c1-6-3-4-7(2)9-8(6)5-10-13(9,11)12/h6-10H,3-5H2,1-2H3. The zero-order valence-corrected chi connectivity index (χ0v) is 8.97. The summed E-state index contributed by atoms with van der Waals surface area (Å²) in [6.45, 7) is 4.90. The zero-order chi connectivity index (χ0) is 9.64. The van der Waals surface area contributed by atoms with Crippen LogP contribution in [0, 0.1) is 17.8 Å². The summed E-state index contributed by atoms with van der Waals surface area (Å²) in [5.74, 6) is 1.25. The summed E-state index contributed by atoms with van der Waals surface area (Å²) in [7, 11) is -2.98. The van der Waals surface area contributed by atoms with Crippen molar-refractivity contribution >= 4 is 10.0 Å². The van der Waals surface area contributed by atoms with Crippen LogP contribution >= 0.6 is 0 Å². The van der Waals surface area contributed by atoms with Crippen molar-refractivity contribution in [3.63, 3.8) is 0 Å². The Hall–Kier alpha value is -0.0900. The fraction of sp³-hybridized carbons (Fsp3) is 1.00. The minimum Gasteiger partial charge on any atom is -0.215 e. The summed E-state index contributed by atoms with van der Waals surface area (Å²) in [6, 6.07) is 0. The van der Waals surface area contributed by atoms with E-state index in [9.17, 15) is 8.42 Å². The molecular formula is C9H17NO2S. The van der Waals surface area contributed by atoms with Gasteiger partial charge in [0.05, 0.1) is 5.25 Å². The largest absolute Gasteiger partial charge is 0.215 e. The molecule has 76 valence electrons. The van der Waals surface area contributed by atoms with Crippen LogP contribution in [-0.2, 0) is 10.0 Å². The van der Waals surface area contributed by atoms with Gasteiger partial charge in [0.1, 0.15) is 0 Å². The highest BCUT2D eigenvalue weighted by molar-refractivity contribution is 7.90. The van der Waals surface area contributed by atoms with Crippen LogP contribution in [-0.4, -0.2) is 20.2 Å². The second-order valence-electron chi connectivity index (χ2n) is 4.55. The predicted molar refractivity (Wildman–Crippen MR) is 51.8 cm³/mol. The Balaban J connectivity index is 2.32. The Labute approximate surface area is 80.0 Å². The number of nitrogens with one attached hydrogen (secondary N) is 1. The molecule has 0 spiro atoms. The third-order valence-electron chi connectivity index (χ3n) is 3.67. The summed E-state index contributed by atoms with van der Waals surface area (Å²) in [5.41, 5.74) is 0. The molecule has 13 heavy (non-hydrogen) atoms. The molecule has 1 heterocycles. The average Bonchev–Trinajstić information content (AvgIpc) is 2.36. The quantitative estimate of drug-likeness (QED) is 0.637. The Morgan fingerprint density at radius 1 is 1.15 bits per heavy atom. The number of rotatable bonds is 0. The van der Waals surface area contributed by atoms with Gasteiger partial charge in [-0.1, -0.05) is 20.3 Å². The minimum atomic E-state index is -2.98. The van der Waals surface area contributed by atoms with Gasteiger partial charge < -0.3 is 0 Å². The molecule has 0 aromatic carbocycles. The lowest BCUT2D eigenvalue weighted by Crippen LogP contribution is -2.38. The van der Waals surface area contributed by atoms with Gasteiger partial charge in [0.25, 0.3) is 0 Å². The third-order valence-corrected chi connectivity index (χ3v) is 5.77. The monoisotopic (exact) mass is 203 g/mol. The molecule has 4 heteroatoms. The highest BCUT2D eigenvalue weighted by Gasteiger charge is 2.47. The lowest BCUT2D eigenvalue weighted by molar-refractivity contribution is 0.225. The van der Waals surface area contributed by atoms with Crippen LogP contribution in [0.5, 0.6) is 0 Å². The lowest BCUT2D eigenvalue weighted by atomic mass is 9.75. The molecule has 1 N–H and O–H groups in total. The van der Waals surface area contributed by atoms with Crippen molar-refractivity contribution in [3.05, 3.63) is 0 Å². The Kier molecular flexibility index (Phi) is 2.15. The summed E-state index contributed by atoms with van der Waals surface area (Å²) < 4.78 is 26.0. The summed E-state index contributed by atoms with van der Waals surface area (Å²) in [5, 5.41) is -0.115. The first-order chi connectivity index (χ1) is 6.02. The minimum absolute atomic E-state index is 0.115. The van der Waals surface area contributed by atoms with Gasteiger partial charge in [-0.3, -0.25) is 0 Å². The molecule has 1 saturated carbocycles. The molecule has 2 fully saturated rings. The third kappa shape index (κ3) is 1.40. The molecule has 0 radical (unpaired) electrons. The van der Waals surface area contributed by atoms with Gasteiger partial charge in [-0.25, -0.2) is 13.1 Å². The summed E-state index contributed by atoms with van der Waals surface area (Å²) >= 11 is 0. The number of hydrogen-bond donors (Lipinski definition) is 1. The van der Waals surface area contributed by atoms with E-state index in [2.05, 4.69) is 18.6 Å². The first kappa shape index (κ1) is 9.46. The molecule has 1 aliphatic heterocycles. The van der Waals surface area contributed by atoms with Crippen molar-refractivity contribution in [1.82, 2.24) is 4.72 Å². The second-order valence-corrected chi connectivity index (χ2v) is 6.48. The summed E-state index contributed by atoms with van der Waals surface area (Å²) in [6.07, 6.45) is 2.24. The van der Waals surface area contributed by atoms with Gasteiger partial charge in [-0.05, 0) is 24.2 Å². The molecule has 1 aliphatic carbocycles. The number of fused-ring (bicyclic) bond motifs is 1. The maximum absolute atomic E-state index is 11.6. The van der Waals surface area contributed by atoms with E-state index in [1.807, 2.05) is 0 Å². The van der Waals surface area contributed by atoms with Crippen molar-refractivity contribution < 1.29 is 8.42 Å². The predicted octanol–water partition coefficient (Wildman–Crippen LogP) is 0.970. The van der Waals surface area contributed by atoms with Gasteiger partial charge in [-0.2, -0.15) is 0 Å². The Morgan fingerprint density at radius 3 is 2.38 bits per heavy atom. The molecular weight excluding hydrogens is 186 g/mol. The van der Waals surface area contributed by atoms with E-state index < -0.39 is 10.0 Å². The molecule has 4 unspecified atom stereocenters. The zero-order valence-electron chi connectivity index (χ0n) is 8.16. The Bertz CT molecular complexity index is 299. The van der Waals surface area contributed by atoms with E-state index in [1.165, 1.54) is 6.42 Å². The number of sulfonamides is 1. The van der Waals surface area contributed by atoms with Crippen LogP contribution in [0.15, 0.2) is 0 Å². The van der Waals surface area contributed by atoms with Crippen LogP contribution in [0.2, 0.25) is 0 Å². The fourth-order valence-electron chi connectivity index (χ4n) is 2.81. The first-order valence-corrected chi connectivity index (χ1v) is 6.55. The van der Waals surface area contributed by atoms with Gasteiger partial charge in [-0.15, -0.1) is 0 Å². The Morgan fingerprint density at radius 2 is 1.77 bits per heavy atom. The van der Waals surface area contributed by atoms with E-state index in [0.717, 1.165) is 6.42 Å². The van der Waals surface area contributed by atoms with Crippen LogP contribution in [0.25, 0.3) is 0 Å². The second kappa shape index (κ2) is 2.95. The maximum Gasteiger partial charge on any atom is 0.215 e. The molecule has 0 bridgehead atoms.